The minimum atomic E-state index is -0.805. The van der Waals surface area contributed by atoms with Crippen LogP contribution in [0.2, 0.25) is 0 Å². The lowest BCUT2D eigenvalue weighted by Crippen LogP contribution is -2.25. The molecule has 1 nitrogen and oxygen atoms in total. The zero-order chi connectivity index (χ0) is 10.0. The first-order valence-electron chi connectivity index (χ1n) is 4.20. The van der Waals surface area contributed by atoms with Gasteiger partial charge in [0, 0.05) is 24.8 Å². The molecule has 0 saturated carbocycles. The van der Waals surface area contributed by atoms with E-state index in [1.807, 2.05) is 25.8 Å². The summed E-state index contributed by atoms with van der Waals surface area (Å²) in [6.45, 7) is 3.97. The van der Waals surface area contributed by atoms with Crippen molar-refractivity contribution in [3.05, 3.63) is 29.8 Å². The van der Waals surface area contributed by atoms with Gasteiger partial charge in [-0.2, -0.15) is 0 Å². The van der Waals surface area contributed by atoms with Crippen molar-refractivity contribution in [2.24, 2.45) is 0 Å². The highest BCUT2D eigenvalue weighted by Crippen LogP contribution is 2.18. The highest BCUT2D eigenvalue weighted by Gasteiger charge is 2.07. The van der Waals surface area contributed by atoms with Gasteiger partial charge in [0.15, 0.2) is 11.6 Å². The van der Waals surface area contributed by atoms with E-state index in [1.165, 1.54) is 6.07 Å². The fraction of sp³-hybridized carbons (Fsp3) is 0.400. The van der Waals surface area contributed by atoms with E-state index < -0.39 is 11.6 Å². The number of rotatable bonds is 2. The van der Waals surface area contributed by atoms with Crippen LogP contribution in [0.25, 0.3) is 0 Å². The molecule has 0 aliphatic carbocycles. The quantitative estimate of drug-likeness (QED) is 0.684. The van der Waals surface area contributed by atoms with Crippen LogP contribution < -0.4 is 4.90 Å². The van der Waals surface area contributed by atoms with Gasteiger partial charge in [0.1, 0.15) is 0 Å². The first-order valence-corrected chi connectivity index (χ1v) is 4.20. The van der Waals surface area contributed by atoms with Crippen LogP contribution >= 0.6 is 0 Å². The molecule has 3 heteroatoms. The number of halogens is 2. The Morgan fingerprint density at radius 2 is 1.77 bits per heavy atom. The molecule has 0 N–H and O–H groups in total. The largest absolute Gasteiger partial charge is 0.372 e. The molecule has 1 aromatic carbocycles. The maximum Gasteiger partial charge on any atom is 0.160 e. The molecule has 0 aliphatic rings. The van der Waals surface area contributed by atoms with E-state index >= 15 is 0 Å². The second-order valence-electron chi connectivity index (χ2n) is 3.30. The predicted octanol–water partition coefficient (Wildman–Crippen LogP) is 2.81. The van der Waals surface area contributed by atoms with Gasteiger partial charge in [-0.15, -0.1) is 0 Å². The van der Waals surface area contributed by atoms with Crippen LogP contribution in [-0.4, -0.2) is 13.1 Å². The molecular formula is C10H13F2N. The van der Waals surface area contributed by atoms with E-state index in [4.69, 9.17) is 0 Å². The summed E-state index contributed by atoms with van der Waals surface area (Å²) in [6, 6.07) is 4.18. The average Bonchev–Trinajstić information content (AvgIpc) is 2.08. The fourth-order valence-electron chi connectivity index (χ4n) is 1.00. The van der Waals surface area contributed by atoms with Crippen molar-refractivity contribution in [1.29, 1.82) is 0 Å². The standard InChI is InChI=1S/C10H13F2N/c1-7(2)13(3)8-4-5-9(11)10(12)6-8/h4-7H,1-3H3. The van der Waals surface area contributed by atoms with E-state index in [2.05, 4.69) is 0 Å². The SMILES string of the molecule is CC(C)N(C)c1ccc(F)c(F)c1. The van der Waals surface area contributed by atoms with Crippen molar-refractivity contribution < 1.29 is 8.78 Å². The van der Waals surface area contributed by atoms with E-state index in [1.54, 1.807) is 6.07 Å². The molecule has 0 spiro atoms. The molecule has 0 aliphatic heterocycles. The van der Waals surface area contributed by atoms with E-state index in [0.29, 0.717) is 5.69 Å². The van der Waals surface area contributed by atoms with Crippen molar-refractivity contribution >= 4 is 5.69 Å². The number of benzene rings is 1. The van der Waals surface area contributed by atoms with Gasteiger partial charge in [-0.3, -0.25) is 0 Å². The second kappa shape index (κ2) is 3.73. The van der Waals surface area contributed by atoms with Gasteiger partial charge in [0.2, 0.25) is 0 Å². The van der Waals surface area contributed by atoms with Crippen molar-refractivity contribution in [3.8, 4) is 0 Å². The van der Waals surface area contributed by atoms with E-state index in [9.17, 15) is 8.78 Å². The molecule has 0 radical (unpaired) electrons. The first kappa shape index (κ1) is 9.96. The summed E-state index contributed by atoms with van der Waals surface area (Å²) in [5.41, 5.74) is 0.689. The van der Waals surface area contributed by atoms with Crippen molar-refractivity contribution in [1.82, 2.24) is 0 Å². The lowest BCUT2D eigenvalue weighted by atomic mass is 10.2. The third-order valence-electron chi connectivity index (χ3n) is 2.09. The van der Waals surface area contributed by atoms with Gasteiger partial charge in [0.25, 0.3) is 0 Å². The molecular weight excluding hydrogens is 172 g/mol. The Labute approximate surface area is 77.0 Å². The molecule has 0 fully saturated rings. The lowest BCUT2D eigenvalue weighted by molar-refractivity contribution is 0.508. The van der Waals surface area contributed by atoms with Crippen molar-refractivity contribution in [3.63, 3.8) is 0 Å². The Morgan fingerprint density at radius 3 is 2.23 bits per heavy atom. The Bertz CT molecular complexity index is 297. The molecule has 0 unspecified atom stereocenters. The van der Waals surface area contributed by atoms with Crippen LogP contribution in [0, 0.1) is 11.6 Å². The summed E-state index contributed by atoms with van der Waals surface area (Å²) in [7, 11) is 1.84. The van der Waals surface area contributed by atoms with Crippen LogP contribution in [0.15, 0.2) is 18.2 Å². The predicted molar refractivity (Wildman–Crippen MR) is 49.9 cm³/mol. The Balaban J connectivity index is 2.97. The van der Waals surface area contributed by atoms with Crippen molar-refractivity contribution in [2.45, 2.75) is 19.9 Å². The zero-order valence-corrected chi connectivity index (χ0v) is 8.01. The second-order valence-corrected chi connectivity index (χ2v) is 3.30. The van der Waals surface area contributed by atoms with Gasteiger partial charge >= 0.3 is 0 Å². The summed E-state index contributed by atoms with van der Waals surface area (Å²) in [5.74, 6) is -1.61. The molecule has 0 atom stereocenters. The summed E-state index contributed by atoms with van der Waals surface area (Å²) < 4.78 is 25.4. The number of hydrogen-bond donors (Lipinski definition) is 0. The molecule has 0 heterocycles. The van der Waals surface area contributed by atoms with Crippen LogP contribution in [0.3, 0.4) is 0 Å². The molecule has 0 amide bonds. The number of anilines is 1. The minimum absolute atomic E-state index is 0.268. The molecule has 0 saturated heterocycles. The third kappa shape index (κ3) is 2.17. The first-order chi connectivity index (χ1) is 6.02. The van der Waals surface area contributed by atoms with Crippen LogP contribution in [0.1, 0.15) is 13.8 Å². The monoisotopic (exact) mass is 185 g/mol. The summed E-state index contributed by atoms with van der Waals surface area (Å²) in [5, 5.41) is 0. The van der Waals surface area contributed by atoms with Gasteiger partial charge in [-0.25, -0.2) is 8.78 Å². The fourth-order valence-corrected chi connectivity index (χ4v) is 1.00. The maximum absolute atomic E-state index is 12.8. The highest BCUT2D eigenvalue weighted by molar-refractivity contribution is 5.46. The molecule has 1 aromatic rings. The smallest absolute Gasteiger partial charge is 0.160 e. The van der Waals surface area contributed by atoms with Gasteiger partial charge in [-0.05, 0) is 26.0 Å². The normalized spacial score (nSPS) is 10.6. The molecule has 0 aromatic heterocycles. The maximum atomic E-state index is 12.8. The topological polar surface area (TPSA) is 3.24 Å². The number of nitrogens with zero attached hydrogens (tertiary/aromatic N) is 1. The summed E-state index contributed by atoms with van der Waals surface area (Å²) in [6.07, 6.45) is 0. The van der Waals surface area contributed by atoms with Crippen LogP contribution in [0.4, 0.5) is 14.5 Å². The average molecular weight is 185 g/mol. The van der Waals surface area contributed by atoms with Gasteiger partial charge < -0.3 is 4.90 Å². The minimum Gasteiger partial charge on any atom is -0.372 e. The molecule has 0 bridgehead atoms. The van der Waals surface area contributed by atoms with Gasteiger partial charge in [0.05, 0.1) is 0 Å². The van der Waals surface area contributed by atoms with Crippen LogP contribution in [0.5, 0.6) is 0 Å². The van der Waals surface area contributed by atoms with E-state index in [-0.39, 0.29) is 6.04 Å². The Kier molecular flexibility index (Phi) is 2.86. The zero-order valence-electron chi connectivity index (χ0n) is 8.01. The number of hydrogen-bond acceptors (Lipinski definition) is 1. The van der Waals surface area contributed by atoms with Gasteiger partial charge in [-0.1, -0.05) is 0 Å². The Hall–Kier alpha value is -1.12. The Morgan fingerprint density at radius 1 is 1.15 bits per heavy atom. The van der Waals surface area contributed by atoms with E-state index in [0.717, 1.165) is 6.07 Å². The highest BCUT2D eigenvalue weighted by atomic mass is 19.2. The molecule has 72 valence electrons. The molecule has 1 rings (SSSR count). The summed E-state index contributed by atoms with van der Waals surface area (Å²) in [4.78, 5) is 1.88. The molecule has 13 heavy (non-hydrogen) atoms. The summed E-state index contributed by atoms with van der Waals surface area (Å²) >= 11 is 0. The van der Waals surface area contributed by atoms with Crippen LogP contribution in [-0.2, 0) is 0 Å². The third-order valence-corrected chi connectivity index (χ3v) is 2.09. The van der Waals surface area contributed by atoms with Crippen molar-refractivity contribution in [2.75, 3.05) is 11.9 Å². The lowest BCUT2D eigenvalue weighted by Gasteiger charge is -2.23.